The van der Waals surface area contributed by atoms with Crippen molar-refractivity contribution in [2.45, 2.75) is 24.9 Å². The molecule has 132 valence electrons. The predicted octanol–water partition coefficient (Wildman–Crippen LogP) is 2.78. The number of anilines is 1. The zero-order chi connectivity index (χ0) is 18.0. The van der Waals surface area contributed by atoms with Gasteiger partial charge in [0.1, 0.15) is 5.82 Å². The number of amides is 2. The maximum absolute atomic E-state index is 13.8. The molecule has 1 fully saturated rings. The Kier molecular flexibility index (Phi) is 4.83. The number of hydrogen-bond donors (Lipinski definition) is 2. The third-order valence-corrected chi connectivity index (χ3v) is 4.17. The van der Waals surface area contributed by atoms with Crippen LogP contribution in [0.1, 0.15) is 23.6 Å². The number of rotatable bonds is 5. The molecule has 0 aliphatic heterocycles. The lowest BCUT2D eigenvalue weighted by Gasteiger charge is -2.13. The van der Waals surface area contributed by atoms with Crippen molar-refractivity contribution in [2.75, 3.05) is 19.0 Å². The lowest BCUT2D eigenvalue weighted by atomic mass is 10.1. The summed E-state index contributed by atoms with van der Waals surface area (Å²) in [6.45, 7) is 0.291. The molecule has 2 atom stereocenters. The van der Waals surface area contributed by atoms with E-state index in [9.17, 15) is 13.6 Å². The van der Waals surface area contributed by atoms with Gasteiger partial charge in [-0.15, -0.1) is 0 Å². The highest BCUT2D eigenvalue weighted by Gasteiger charge is 2.41. The summed E-state index contributed by atoms with van der Waals surface area (Å²) in [4.78, 5) is 18.3. The molecule has 1 heterocycles. The number of pyridine rings is 1. The first kappa shape index (κ1) is 17.1. The molecule has 0 radical (unpaired) electrons. The lowest BCUT2D eigenvalue weighted by Crippen LogP contribution is -2.37. The highest BCUT2D eigenvalue weighted by molar-refractivity contribution is 5.74. The van der Waals surface area contributed by atoms with Gasteiger partial charge in [0.2, 0.25) is 0 Å². The van der Waals surface area contributed by atoms with Crippen LogP contribution in [0.5, 0.6) is 0 Å². The number of aromatic nitrogens is 1. The van der Waals surface area contributed by atoms with Crippen molar-refractivity contribution >= 4 is 11.8 Å². The minimum absolute atomic E-state index is 0.183. The van der Waals surface area contributed by atoms with E-state index in [0.717, 1.165) is 17.6 Å². The molecular weight excluding hydrogens is 326 g/mol. The summed E-state index contributed by atoms with van der Waals surface area (Å²) < 4.78 is 27.0. The van der Waals surface area contributed by atoms with E-state index in [1.165, 1.54) is 6.07 Å². The molecule has 0 spiro atoms. The molecule has 2 amide bonds. The monoisotopic (exact) mass is 346 g/mol. The van der Waals surface area contributed by atoms with Crippen LogP contribution in [-0.4, -0.2) is 31.2 Å². The summed E-state index contributed by atoms with van der Waals surface area (Å²) in [6.07, 6.45) is 0.599. The number of benzene rings is 1. The molecule has 1 aromatic heterocycles. The van der Waals surface area contributed by atoms with Crippen LogP contribution in [0.3, 0.4) is 0 Å². The molecule has 2 aromatic rings. The van der Waals surface area contributed by atoms with E-state index in [1.807, 2.05) is 37.2 Å². The zero-order valence-corrected chi connectivity index (χ0v) is 14.1. The van der Waals surface area contributed by atoms with Crippen molar-refractivity contribution in [1.29, 1.82) is 0 Å². The normalized spacial score (nSPS) is 18.6. The molecule has 1 aliphatic carbocycles. The van der Waals surface area contributed by atoms with Crippen molar-refractivity contribution in [2.24, 2.45) is 0 Å². The molecule has 5 nitrogen and oxygen atoms in total. The van der Waals surface area contributed by atoms with E-state index < -0.39 is 11.6 Å². The fourth-order valence-corrected chi connectivity index (χ4v) is 2.71. The van der Waals surface area contributed by atoms with Gasteiger partial charge < -0.3 is 15.5 Å². The summed E-state index contributed by atoms with van der Waals surface area (Å²) in [6, 6.07) is 9.18. The molecule has 1 aromatic carbocycles. The van der Waals surface area contributed by atoms with Gasteiger partial charge in [-0.25, -0.2) is 18.6 Å². The van der Waals surface area contributed by atoms with E-state index in [0.29, 0.717) is 18.5 Å². The molecule has 3 rings (SSSR count). The molecule has 2 unspecified atom stereocenters. The van der Waals surface area contributed by atoms with Crippen molar-refractivity contribution in [3.05, 3.63) is 59.3 Å². The van der Waals surface area contributed by atoms with Gasteiger partial charge in [-0.2, -0.15) is 0 Å². The highest BCUT2D eigenvalue weighted by Crippen LogP contribution is 2.42. The second-order valence-electron chi connectivity index (χ2n) is 6.30. The first-order valence-corrected chi connectivity index (χ1v) is 8.07. The van der Waals surface area contributed by atoms with Gasteiger partial charge in [0.05, 0.1) is 12.2 Å². The molecule has 1 aliphatic rings. The third kappa shape index (κ3) is 4.04. The first-order chi connectivity index (χ1) is 12.0. The molecule has 2 N–H and O–H groups in total. The van der Waals surface area contributed by atoms with Gasteiger partial charge in [0.15, 0.2) is 11.6 Å². The van der Waals surface area contributed by atoms with Crippen molar-refractivity contribution in [3.63, 3.8) is 0 Å². The Balaban J connectivity index is 1.51. The van der Waals surface area contributed by atoms with E-state index in [2.05, 4.69) is 15.6 Å². The summed E-state index contributed by atoms with van der Waals surface area (Å²) >= 11 is 0. The summed E-state index contributed by atoms with van der Waals surface area (Å²) in [5.41, 5.74) is 1.05. The Labute approximate surface area is 145 Å². The van der Waals surface area contributed by atoms with Crippen molar-refractivity contribution in [3.8, 4) is 0 Å². The lowest BCUT2D eigenvalue weighted by molar-refractivity contribution is 0.239. The van der Waals surface area contributed by atoms with Gasteiger partial charge in [0.25, 0.3) is 0 Å². The maximum atomic E-state index is 13.8. The van der Waals surface area contributed by atoms with E-state index in [4.69, 9.17) is 0 Å². The average molecular weight is 346 g/mol. The van der Waals surface area contributed by atoms with Crippen LogP contribution in [0.4, 0.5) is 19.4 Å². The summed E-state index contributed by atoms with van der Waals surface area (Å²) in [5.74, 6) is -1.07. The molecular formula is C18H20F2N4O. The van der Waals surface area contributed by atoms with Crippen LogP contribution < -0.4 is 15.5 Å². The van der Waals surface area contributed by atoms with Crippen LogP contribution in [0.25, 0.3) is 0 Å². The van der Waals surface area contributed by atoms with Crippen LogP contribution >= 0.6 is 0 Å². The van der Waals surface area contributed by atoms with Gasteiger partial charge in [0, 0.05) is 26.1 Å². The largest absolute Gasteiger partial charge is 0.363 e. The maximum Gasteiger partial charge on any atom is 0.315 e. The van der Waals surface area contributed by atoms with Crippen LogP contribution in [-0.2, 0) is 6.54 Å². The standard InChI is InChI=1S/C18H20F2N4O/c1-24(2)16-8-3-5-11(22-16)10-21-18(25)23-15-9-13(15)12-6-4-7-14(19)17(12)20/h3-8,13,15H,9-10H2,1-2H3,(H2,21,23,25). The number of hydrogen-bond acceptors (Lipinski definition) is 3. The Morgan fingerprint density at radius 2 is 2.00 bits per heavy atom. The van der Waals surface area contributed by atoms with Crippen LogP contribution in [0.15, 0.2) is 36.4 Å². The first-order valence-electron chi connectivity index (χ1n) is 8.07. The fraction of sp³-hybridized carbons (Fsp3) is 0.333. The highest BCUT2D eigenvalue weighted by atomic mass is 19.2. The number of carbonyl (C=O) groups excluding carboxylic acids is 1. The minimum Gasteiger partial charge on any atom is -0.363 e. The Hall–Kier alpha value is -2.70. The quantitative estimate of drug-likeness (QED) is 0.875. The van der Waals surface area contributed by atoms with Crippen molar-refractivity contribution in [1.82, 2.24) is 15.6 Å². The second-order valence-corrected chi connectivity index (χ2v) is 6.30. The SMILES string of the molecule is CN(C)c1cccc(CNC(=O)NC2CC2c2cccc(F)c2F)n1. The Bertz CT molecular complexity index is 781. The smallest absolute Gasteiger partial charge is 0.315 e. The van der Waals surface area contributed by atoms with Gasteiger partial charge in [-0.3, -0.25) is 0 Å². The summed E-state index contributed by atoms with van der Waals surface area (Å²) in [7, 11) is 3.79. The van der Waals surface area contributed by atoms with Gasteiger partial charge in [-0.1, -0.05) is 18.2 Å². The van der Waals surface area contributed by atoms with Crippen molar-refractivity contribution < 1.29 is 13.6 Å². The second kappa shape index (κ2) is 7.04. The number of urea groups is 1. The predicted molar refractivity (Wildman–Crippen MR) is 91.4 cm³/mol. The van der Waals surface area contributed by atoms with E-state index in [-0.39, 0.29) is 18.0 Å². The molecule has 0 bridgehead atoms. The number of nitrogens with zero attached hydrogens (tertiary/aromatic N) is 2. The summed E-state index contributed by atoms with van der Waals surface area (Å²) in [5, 5.41) is 5.51. The minimum atomic E-state index is -0.862. The van der Waals surface area contributed by atoms with Gasteiger partial charge in [-0.05, 0) is 30.2 Å². The molecule has 7 heteroatoms. The number of halogens is 2. The Morgan fingerprint density at radius 3 is 2.76 bits per heavy atom. The number of carbonyl (C=O) groups is 1. The molecule has 1 saturated carbocycles. The molecule has 0 saturated heterocycles. The topological polar surface area (TPSA) is 57.3 Å². The van der Waals surface area contributed by atoms with E-state index >= 15 is 0 Å². The Morgan fingerprint density at radius 1 is 1.24 bits per heavy atom. The average Bonchev–Trinajstić information content (AvgIpc) is 3.34. The van der Waals surface area contributed by atoms with Gasteiger partial charge >= 0.3 is 6.03 Å². The zero-order valence-electron chi connectivity index (χ0n) is 14.1. The fourth-order valence-electron chi connectivity index (χ4n) is 2.71. The van der Waals surface area contributed by atoms with Crippen LogP contribution in [0.2, 0.25) is 0 Å². The third-order valence-electron chi connectivity index (χ3n) is 4.17. The number of nitrogens with one attached hydrogen (secondary N) is 2. The van der Waals surface area contributed by atoms with E-state index in [1.54, 1.807) is 6.07 Å². The van der Waals surface area contributed by atoms with Crippen LogP contribution in [0, 0.1) is 11.6 Å². The molecule has 25 heavy (non-hydrogen) atoms.